The van der Waals surface area contributed by atoms with Crippen LogP contribution in [0.15, 0.2) is 18.2 Å². The number of benzene rings is 1. The molecule has 0 N–H and O–H groups in total. The van der Waals surface area contributed by atoms with E-state index in [9.17, 15) is 13.0 Å². The van der Waals surface area contributed by atoms with Crippen LogP contribution in [0, 0.1) is 0 Å². The lowest BCUT2D eigenvalue weighted by Crippen LogP contribution is -2.22. The Kier molecular flexibility index (Phi) is 4.59. The van der Waals surface area contributed by atoms with Gasteiger partial charge in [-0.05, 0) is 25.1 Å². The number of phosphoric acid groups is 1. The zero-order chi connectivity index (χ0) is 16.6. The lowest BCUT2D eigenvalue weighted by atomic mass is 9.85. The van der Waals surface area contributed by atoms with E-state index in [1.54, 1.807) is 13.0 Å². The van der Waals surface area contributed by atoms with E-state index in [-0.39, 0.29) is 19.0 Å². The quantitative estimate of drug-likeness (QED) is 0.609. The summed E-state index contributed by atoms with van der Waals surface area (Å²) >= 11 is 0. The van der Waals surface area contributed by atoms with Crippen LogP contribution >= 0.6 is 7.82 Å². The highest BCUT2D eigenvalue weighted by atomic mass is 32.2. The highest BCUT2D eigenvalue weighted by Gasteiger charge is 2.39. The van der Waals surface area contributed by atoms with Crippen LogP contribution in [0.1, 0.15) is 26.3 Å². The molecule has 1 aliphatic rings. The molecule has 1 aromatic rings. The van der Waals surface area contributed by atoms with E-state index >= 15 is 0 Å². The third kappa shape index (κ3) is 4.01. The molecule has 1 aromatic carbocycles. The molecule has 0 amide bonds. The van der Waals surface area contributed by atoms with E-state index in [1.807, 2.05) is 13.8 Å². The molecule has 0 bridgehead atoms. The van der Waals surface area contributed by atoms with E-state index in [0.717, 1.165) is 6.26 Å². The molecule has 0 aromatic heterocycles. The molecule has 2 rings (SSSR count). The van der Waals surface area contributed by atoms with Gasteiger partial charge in [-0.2, -0.15) is 8.42 Å². The number of fused-ring (bicyclic) bond motifs is 1. The Morgan fingerprint density at radius 1 is 1.36 bits per heavy atom. The van der Waals surface area contributed by atoms with Gasteiger partial charge in [-0.1, -0.05) is 13.8 Å². The molecule has 0 aliphatic carbocycles. The van der Waals surface area contributed by atoms with Crippen molar-refractivity contribution in [3.05, 3.63) is 23.8 Å². The van der Waals surface area contributed by atoms with Crippen molar-refractivity contribution in [1.29, 1.82) is 0 Å². The van der Waals surface area contributed by atoms with Crippen LogP contribution in [0.4, 0.5) is 0 Å². The summed E-state index contributed by atoms with van der Waals surface area (Å²) in [6.07, 6.45) is 0.965. The topological polar surface area (TPSA) is 88.1 Å². The van der Waals surface area contributed by atoms with E-state index in [0.29, 0.717) is 11.3 Å². The zero-order valence-corrected chi connectivity index (χ0v) is 14.6. The minimum atomic E-state index is -3.68. The maximum atomic E-state index is 12.4. The summed E-state index contributed by atoms with van der Waals surface area (Å²) in [5.41, 5.74) is 0.0706. The smallest absolute Gasteiger partial charge is 0.404 e. The monoisotopic (exact) mass is 350 g/mol. The second kappa shape index (κ2) is 5.85. The molecule has 0 fully saturated rings. The number of hydrogen-bond donors (Lipinski definition) is 0. The van der Waals surface area contributed by atoms with Gasteiger partial charge in [-0.3, -0.25) is 9.05 Å². The second-order valence-corrected chi connectivity index (χ2v) is 8.73. The van der Waals surface area contributed by atoms with Gasteiger partial charge in [0, 0.05) is 11.0 Å². The summed E-state index contributed by atoms with van der Waals surface area (Å²) in [6, 6.07) is 4.47. The van der Waals surface area contributed by atoms with Crippen LogP contribution in [-0.4, -0.2) is 27.9 Å². The summed E-state index contributed by atoms with van der Waals surface area (Å²) in [7, 11) is -7.32. The molecule has 1 heterocycles. The second-order valence-electron chi connectivity index (χ2n) is 5.56. The van der Waals surface area contributed by atoms with Crippen LogP contribution in [0.25, 0.3) is 0 Å². The van der Waals surface area contributed by atoms with Crippen molar-refractivity contribution < 1.29 is 30.7 Å². The fourth-order valence-corrected chi connectivity index (χ4v) is 3.86. The van der Waals surface area contributed by atoms with Crippen molar-refractivity contribution in [3.8, 4) is 11.5 Å². The van der Waals surface area contributed by atoms with Crippen LogP contribution in [0.2, 0.25) is 0 Å². The molecular weight excluding hydrogens is 331 g/mol. The van der Waals surface area contributed by atoms with Gasteiger partial charge in [-0.25, -0.2) is 4.57 Å². The Morgan fingerprint density at radius 2 is 2.05 bits per heavy atom. The van der Waals surface area contributed by atoms with Gasteiger partial charge in [0.2, 0.25) is 0 Å². The van der Waals surface area contributed by atoms with Gasteiger partial charge in [0.25, 0.3) is 0 Å². The van der Waals surface area contributed by atoms with Crippen LogP contribution in [0.5, 0.6) is 11.5 Å². The summed E-state index contributed by atoms with van der Waals surface area (Å²) in [5, 5.41) is 0. The van der Waals surface area contributed by atoms with Crippen LogP contribution in [-0.2, 0) is 29.1 Å². The molecule has 0 radical (unpaired) electrons. The molecule has 0 saturated carbocycles. The molecule has 7 nitrogen and oxygen atoms in total. The summed E-state index contributed by atoms with van der Waals surface area (Å²) < 4.78 is 55.6. The maximum Gasteiger partial charge on any atom is 0.530 e. The molecule has 1 aliphatic heterocycles. The predicted octanol–water partition coefficient (Wildman–Crippen LogP) is 2.86. The third-order valence-corrected chi connectivity index (χ3v) is 4.94. The van der Waals surface area contributed by atoms with Gasteiger partial charge < -0.3 is 8.71 Å². The number of hydrogen-bond acceptors (Lipinski definition) is 7. The first-order valence-electron chi connectivity index (χ1n) is 6.67. The molecular formula is C13H19O7PS. The SMILES string of the molecule is CCOP1(=O)OCC(C)(C)c2cc(OS(C)(=O)=O)ccc2O1. The Balaban J connectivity index is 2.46. The largest absolute Gasteiger partial charge is 0.530 e. The summed E-state index contributed by atoms with van der Waals surface area (Å²) in [6.45, 7) is 5.69. The van der Waals surface area contributed by atoms with Crippen molar-refractivity contribution in [2.45, 2.75) is 26.2 Å². The molecule has 22 heavy (non-hydrogen) atoms. The maximum absolute atomic E-state index is 12.4. The molecule has 1 unspecified atom stereocenters. The van der Waals surface area contributed by atoms with Gasteiger partial charge in [0.1, 0.15) is 11.5 Å². The fraction of sp³-hybridized carbons (Fsp3) is 0.538. The number of rotatable bonds is 4. The zero-order valence-electron chi connectivity index (χ0n) is 12.9. The van der Waals surface area contributed by atoms with Crippen molar-refractivity contribution in [2.75, 3.05) is 19.5 Å². The summed E-state index contributed by atoms with van der Waals surface area (Å²) in [4.78, 5) is 0. The van der Waals surface area contributed by atoms with Gasteiger partial charge in [-0.15, -0.1) is 0 Å². The van der Waals surface area contributed by atoms with E-state index in [2.05, 4.69) is 0 Å². The highest BCUT2D eigenvalue weighted by Crippen LogP contribution is 2.55. The van der Waals surface area contributed by atoms with Crippen molar-refractivity contribution in [2.24, 2.45) is 0 Å². The standard InChI is InChI=1S/C13H19O7PS/c1-5-17-21(14)18-9-13(2,3)11-8-10(20-22(4,15)16)6-7-12(11)19-21/h6-8H,5,9H2,1-4H3. The highest BCUT2D eigenvalue weighted by molar-refractivity contribution is 7.86. The first-order chi connectivity index (χ1) is 10.0. The Bertz CT molecular complexity index is 711. The number of phosphoric ester groups is 1. The lowest BCUT2D eigenvalue weighted by molar-refractivity contribution is 0.149. The average Bonchev–Trinajstić information content (AvgIpc) is 2.45. The van der Waals surface area contributed by atoms with E-state index in [4.69, 9.17) is 17.8 Å². The van der Waals surface area contributed by atoms with Gasteiger partial charge in [0.05, 0.1) is 19.5 Å². The molecule has 1 atom stereocenters. The summed E-state index contributed by atoms with van der Waals surface area (Å²) in [5.74, 6) is 0.478. The minimum Gasteiger partial charge on any atom is -0.404 e. The minimum absolute atomic E-state index is 0.0968. The van der Waals surface area contributed by atoms with Crippen molar-refractivity contribution in [1.82, 2.24) is 0 Å². The molecule has 9 heteroatoms. The van der Waals surface area contributed by atoms with Gasteiger partial charge in [0.15, 0.2) is 0 Å². The Labute approximate surface area is 130 Å². The first-order valence-corrected chi connectivity index (χ1v) is 9.95. The van der Waals surface area contributed by atoms with Crippen LogP contribution < -0.4 is 8.71 Å². The molecule has 0 spiro atoms. The fourth-order valence-electron chi connectivity index (χ4n) is 2.03. The predicted molar refractivity (Wildman–Crippen MR) is 80.8 cm³/mol. The van der Waals surface area contributed by atoms with Crippen LogP contribution in [0.3, 0.4) is 0 Å². The molecule has 124 valence electrons. The molecule has 0 saturated heterocycles. The Morgan fingerprint density at radius 3 is 2.64 bits per heavy atom. The van der Waals surface area contributed by atoms with E-state index < -0.39 is 23.4 Å². The van der Waals surface area contributed by atoms with Crippen molar-refractivity contribution in [3.63, 3.8) is 0 Å². The van der Waals surface area contributed by atoms with Crippen molar-refractivity contribution >= 4 is 17.9 Å². The normalized spacial score (nSPS) is 24.0. The first kappa shape index (κ1) is 17.3. The Hall–Kier alpha value is -1.08. The van der Waals surface area contributed by atoms with Gasteiger partial charge >= 0.3 is 17.9 Å². The van der Waals surface area contributed by atoms with E-state index in [1.165, 1.54) is 12.1 Å². The average molecular weight is 350 g/mol. The third-order valence-electron chi connectivity index (χ3n) is 3.01. The lowest BCUT2D eigenvalue weighted by Gasteiger charge is -2.23.